The highest BCUT2D eigenvalue weighted by Crippen LogP contribution is 2.32. The molecular formula is C27H27N5O. The Bertz CT molecular complexity index is 1410. The average Bonchev–Trinajstić information content (AvgIpc) is 2.82. The number of aromatic nitrogens is 2. The molecule has 33 heavy (non-hydrogen) atoms. The van der Waals surface area contributed by atoms with Crippen LogP contribution in [0.5, 0.6) is 0 Å². The van der Waals surface area contributed by atoms with E-state index in [1.165, 1.54) is 10.1 Å². The molecule has 166 valence electrons. The molecule has 0 amide bonds. The number of nitrogens with zero attached hydrogens (tertiary/aromatic N) is 3. The molecule has 0 atom stereocenters. The minimum atomic E-state index is -0.0728. The molecule has 0 bridgehead atoms. The number of carbonyl (C=O) groups is 1. The fourth-order valence-electron chi connectivity index (χ4n) is 3.90. The third kappa shape index (κ3) is 4.20. The zero-order chi connectivity index (χ0) is 23.8. The SMILES string of the molecule is CN(c1cccc(-c2ccc(C(C)(C)C)cc2)c1)c1nc(=N)n(C=N)c2cc(C=O)ccc12. The molecule has 0 fully saturated rings. The smallest absolute Gasteiger partial charge is 0.229 e. The van der Waals surface area contributed by atoms with E-state index in [0.717, 1.165) is 34.8 Å². The lowest BCUT2D eigenvalue weighted by Gasteiger charge is -2.22. The lowest BCUT2D eigenvalue weighted by atomic mass is 9.86. The standard InChI is InChI=1S/C27H27N5O/c1-27(2,3)21-11-9-19(10-12-21)20-6-5-7-22(15-20)31(4)25-23-13-8-18(16-33)14-24(23)32(17-28)26(29)30-25/h5-17,28-29H,1-4H3. The number of aldehydes is 1. The molecule has 4 rings (SSSR count). The Morgan fingerprint density at radius 1 is 0.970 bits per heavy atom. The zero-order valence-corrected chi connectivity index (χ0v) is 19.3. The number of fused-ring (bicyclic) bond motifs is 1. The van der Waals surface area contributed by atoms with Gasteiger partial charge in [-0.05, 0) is 46.4 Å². The molecule has 0 aliphatic rings. The van der Waals surface area contributed by atoms with Crippen LogP contribution in [0.1, 0.15) is 36.7 Å². The van der Waals surface area contributed by atoms with E-state index in [4.69, 9.17) is 10.8 Å². The number of carbonyl (C=O) groups excluding carboxylic acids is 1. The van der Waals surface area contributed by atoms with Gasteiger partial charge in [0, 0.05) is 23.7 Å². The van der Waals surface area contributed by atoms with Crippen molar-refractivity contribution in [3.05, 3.63) is 83.5 Å². The summed E-state index contributed by atoms with van der Waals surface area (Å²) in [7, 11) is 1.91. The fourth-order valence-corrected chi connectivity index (χ4v) is 3.90. The largest absolute Gasteiger partial charge is 0.329 e. The first-order valence-corrected chi connectivity index (χ1v) is 10.7. The number of anilines is 2. The minimum Gasteiger partial charge on any atom is -0.329 e. The van der Waals surface area contributed by atoms with E-state index in [1.807, 2.05) is 30.1 Å². The summed E-state index contributed by atoms with van der Waals surface area (Å²) in [6, 6.07) is 22.0. The third-order valence-electron chi connectivity index (χ3n) is 5.86. The summed E-state index contributed by atoms with van der Waals surface area (Å²) >= 11 is 0. The Morgan fingerprint density at radius 3 is 2.33 bits per heavy atom. The van der Waals surface area contributed by atoms with Crippen LogP contribution in [0.25, 0.3) is 22.0 Å². The van der Waals surface area contributed by atoms with E-state index >= 15 is 0 Å². The molecule has 1 aromatic heterocycles. The van der Waals surface area contributed by atoms with Crippen LogP contribution in [0, 0.1) is 10.8 Å². The second-order valence-electron chi connectivity index (χ2n) is 9.09. The van der Waals surface area contributed by atoms with Gasteiger partial charge in [-0.3, -0.25) is 20.2 Å². The quantitative estimate of drug-likeness (QED) is 0.245. The fraction of sp³-hybridized carbons (Fsp3) is 0.185. The van der Waals surface area contributed by atoms with Gasteiger partial charge in [0.25, 0.3) is 0 Å². The molecule has 1 heterocycles. The molecule has 0 saturated heterocycles. The van der Waals surface area contributed by atoms with Crippen LogP contribution in [0.3, 0.4) is 0 Å². The number of hydrogen-bond donors (Lipinski definition) is 2. The molecule has 6 nitrogen and oxygen atoms in total. The van der Waals surface area contributed by atoms with E-state index in [0.29, 0.717) is 16.9 Å². The zero-order valence-electron chi connectivity index (χ0n) is 19.3. The van der Waals surface area contributed by atoms with Gasteiger partial charge in [-0.25, -0.2) is 0 Å². The van der Waals surface area contributed by atoms with Gasteiger partial charge in [-0.1, -0.05) is 63.2 Å². The van der Waals surface area contributed by atoms with Gasteiger partial charge >= 0.3 is 0 Å². The molecule has 6 heteroatoms. The van der Waals surface area contributed by atoms with Gasteiger partial charge in [0.2, 0.25) is 5.62 Å². The van der Waals surface area contributed by atoms with Crippen LogP contribution in [-0.2, 0) is 5.41 Å². The van der Waals surface area contributed by atoms with E-state index < -0.39 is 0 Å². The van der Waals surface area contributed by atoms with Crippen molar-refractivity contribution >= 4 is 35.0 Å². The molecule has 0 saturated carbocycles. The van der Waals surface area contributed by atoms with Gasteiger partial charge < -0.3 is 4.90 Å². The Kier molecular flexibility index (Phi) is 5.68. The van der Waals surface area contributed by atoms with E-state index in [1.54, 1.807) is 12.1 Å². The maximum absolute atomic E-state index is 11.3. The number of hydrogen-bond acceptors (Lipinski definition) is 5. The van der Waals surface area contributed by atoms with Crippen LogP contribution in [0.4, 0.5) is 11.5 Å². The van der Waals surface area contributed by atoms with Crippen molar-refractivity contribution in [3.63, 3.8) is 0 Å². The van der Waals surface area contributed by atoms with Crippen LogP contribution in [0.15, 0.2) is 66.7 Å². The predicted octanol–water partition coefficient (Wildman–Crippen LogP) is 5.52. The third-order valence-corrected chi connectivity index (χ3v) is 5.86. The first-order valence-electron chi connectivity index (χ1n) is 10.7. The van der Waals surface area contributed by atoms with Gasteiger partial charge in [0.1, 0.15) is 12.1 Å². The predicted molar refractivity (Wildman–Crippen MR) is 134 cm³/mol. The maximum Gasteiger partial charge on any atom is 0.229 e. The lowest BCUT2D eigenvalue weighted by Crippen LogP contribution is -2.26. The molecule has 4 aromatic rings. The summed E-state index contributed by atoms with van der Waals surface area (Å²) in [4.78, 5) is 17.7. The van der Waals surface area contributed by atoms with Gasteiger partial charge in [-0.15, -0.1) is 0 Å². The number of benzene rings is 3. The Labute approximate surface area is 193 Å². The maximum atomic E-state index is 11.3. The summed E-state index contributed by atoms with van der Waals surface area (Å²) in [5.41, 5.74) is 5.53. The van der Waals surface area contributed by atoms with Crippen molar-refractivity contribution in [2.75, 3.05) is 11.9 Å². The average molecular weight is 438 g/mol. The Morgan fingerprint density at radius 2 is 1.70 bits per heavy atom. The summed E-state index contributed by atoms with van der Waals surface area (Å²) in [5.74, 6) is 0.589. The molecule has 0 radical (unpaired) electrons. The Hall–Kier alpha value is -4.06. The molecule has 0 unspecified atom stereocenters. The summed E-state index contributed by atoms with van der Waals surface area (Å²) in [5, 5.41) is 16.8. The number of nitrogens with one attached hydrogen (secondary N) is 2. The van der Waals surface area contributed by atoms with Crippen LogP contribution < -0.4 is 10.5 Å². The van der Waals surface area contributed by atoms with E-state index in [-0.39, 0.29) is 11.0 Å². The number of rotatable bonds is 5. The van der Waals surface area contributed by atoms with E-state index in [9.17, 15) is 4.79 Å². The van der Waals surface area contributed by atoms with E-state index in [2.05, 4.69) is 62.2 Å². The van der Waals surface area contributed by atoms with Crippen molar-refractivity contribution in [1.82, 2.24) is 9.55 Å². The summed E-state index contributed by atoms with van der Waals surface area (Å²) < 4.78 is 1.35. The molecule has 0 aliphatic heterocycles. The first kappa shape index (κ1) is 22.1. The normalized spacial score (nSPS) is 11.4. The molecular weight excluding hydrogens is 410 g/mol. The van der Waals surface area contributed by atoms with Crippen molar-refractivity contribution < 1.29 is 4.79 Å². The van der Waals surface area contributed by atoms with Crippen molar-refractivity contribution in [3.8, 4) is 11.1 Å². The highest BCUT2D eigenvalue weighted by Gasteiger charge is 2.16. The topological polar surface area (TPSA) is 85.8 Å². The van der Waals surface area contributed by atoms with Crippen LogP contribution in [0.2, 0.25) is 0 Å². The molecule has 3 aromatic carbocycles. The van der Waals surface area contributed by atoms with Crippen molar-refractivity contribution in [2.24, 2.45) is 0 Å². The Balaban J connectivity index is 1.79. The lowest BCUT2D eigenvalue weighted by molar-refractivity contribution is 0.112. The van der Waals surface area contributed by atoms with Crippen LogP contribution >= 0.6 is 0 Å². The second kappa shape index (κ2) is 8.47. The van der Waals surface area contributed by atoms with Crippen molar-refractivity contribution in [2.45, 2.75) is 26.2 Å². The second-order valence-corrected chi connectivity index (χ2v) is 9.09. The summed E-state index contributed by atoms with van der Waals surface area (Å²) in [6.45, 7) is 6.61. The van der Waals surface area contributed by atoms with Crippen LogP contribution in [-0.4, -0.2) is 29.2 Å². The van der Waals surface area contributed by atoms with Gasteiger partial charge in [-0.2, -0.15) is 4.98 Å². The monoisotopic (exact) mass is 437 g/mol. The highest BCUT2D eigenvalue weighted by atomic mass is 16.1. The summed E-state index contributed by atoms with van der Waals surface area (Å²) in [6.07, 6.45) is 1.80. The molecule has 2 N–H and O–H groups in total. The van der Waals surface area contributed by atoms with Gasteiger partial charge in [0.15, 0.2) is 0 Å². The first-order chi connectivity index (χ1) is 15.7. The minimum absolute atomic E-state index is 0.0728. The van der Waals surface area contributed by atoms with Crippen molar-refractivity contribution in [1.29, 1.82) is 10.8 Å². The molecule has 0 aliphatic carbocycles. The highest BCUT2D eigenvalue weighted by molar-refractivity contribution is 5.97. The van der Waals surface area contributed by atoms with Gasteiger partial charge in [0.05, 0.1) is 11.9 Å². The molecule has 0 spiro atoms.